The van der Waals surface area contributed by atoms with E-state index in [1.54, 1.807) is 23.9 Å². The van der Waals surface area contributed by atoms with Crippen molar-refractivity contribution in [1.82, 2.24) is 14.8 Å². The molecule has 0 spiro atoms. The molecule has 2 rings (SSSR count). The van der Waals surface area contributed by atoms with Crippen LogP contribution in [0.25, 0.3) is 11.4 Å². The molecule has 6 heteroatoms. The van der Waals surface area contributed by atoms with Gasteiger partial charge < -0.3 is 10.5 Å². The second kappa shape index (κ2) is 5.79. The summed E-state index contributed by atoms with van der Waals surface area (Å²) in [7, 11) is 1.77. The second-order valence-corrected chi connectivity index (χ2v) is 4.09. The van der Waals surface area contributed by atoms with Crippen LogP contribution < -0.4 is 10.5 Å². The number of hydrogen-bond donors (Lipinski definition) is 1. The van der Waals surface area contributed by atoms with Crippen LogP contribution in [0.1, 0.15) is 12.7 Å². The first-order valence-corrected chi connectivity index (χ1v) is 6.18. The Bertz CT molecular complexity index is 568. The molecule has 0 fully saturated rings. The summed E-state index contributed by atoms with van der Waals surface area (Å²) in [6.45, 7) is 2.73. The number of nitrogens with two attached hydrogens (primary N) is 1. The molecule has 2 aromatic rings. The maximum atomic E-state index is 13.8. The van der Waals surface area contributed by atoms with Gasteiger partial charge in [0.25, 0.3) is 0 Å². The van der Waals surface area contributed by atoms with Crippen LogP contribution in [0.2, 0.25) is 0 Å². The molecule has 0 saturated heterocycles. The quantitative estimate of drug-likeness (QED) is 0.889. The minimum atomic E-state index is -0.400. The van der Waals surface area contributed by atoms with Crippen LogP contribution in [0.3, 0.4) is 0 Å². The van der Waals surface area contributed by atoms with Crippen molar-refractivity contribution in [2.75, 3.05) is 13.2 Å². The zero-order chi connectivity index (χ0) is 13.8. The van der Waals surface area contributed by atoms with E-state index in [1.165, 1.54) is 6.07 Å². The highest BCUT2D eigenvalue weighted by Gasteiger charge is 2.12. The zero-order valence-electron chi connectivity index (χ0n) is 11.1. The Morgan fingerprint density at radius 3 is 2.84 bits per heavy atom. The molecule has 0 atom stereocenters. The SMILES string of the molecule is CCOc1ccc(-c2nc(CCN)nn2C)cc1F. The number of ether oxygens (including phenoxy) is 1. The van der Waals surface area contributed by atoms with Crippen molar-refractivity contribution in [2.24, 2.45) is 12.8 Å². The Morgan fingerprint density at radius 2 is 2.21 bits per heavy atom. The van der Waals surface area contributed by atoms with E-state index < -0.39 is 5.82 Å². The van der Waals surface area contributed by atoms with E-state index in [0.717, 1.165) is 0 Å². The van der Waals surface area contributed by atoms with Crippen LogP contribution in [-0.4, -0.2) is 27.9 Å². The van der Waals surface area contributed by atoms with Gasteiger partial charge in [-0.05, 0) is 31.7 Å². The normalized spacial score (nSPS) is 10.7. The Kier molecular flexibility index (Phi) is 4.11. The monoisotopic (exact) mass is 264 g/mol. The number of rotatable bonds is 5. The molecular weight excluding hydrogens is 247 g/mol. The number of hydrogen-bond acceptors (Lipinski definition) is 4. The van der Waals surface area contributed by atoms with Crippen LogP contribution in [0.15, 0.2) is 18.2 Å². The third-order valence-electron chi connectivity index (χ3n) is 2.66. The first-order chi connectivity index (χ1) is 9.15. The van der Waals surface area contributed by atoms with E-state index in [4.69, 9.17) is 10.5 Å². The van der Waals surface area contributed by atoms with Gasteiger partial charge in [0.15, 0.2) is 23.2 Å². The number of nitrogens with zero attached hydrogens (tertiary/aromatic N) is 3. The Labute approximate surface area is 111 Å². The van der Waals surface area contributed by atoms with Gasteiger partial charge in [-0.3, -0.25) is 0 Å². The smallest absolute Gasteiger partial charge is 0.165 e. The van der Waals surface area contributed by atoms with Crippen molar-refractivity contribution >= 4 is 0 Å². The van der Waals surface area contributed by atoms with Crippen molar-refractivity contribution in [3.05, 3.63) is 29.8 Å². The van der Waals surface area contributed by atoms with Gasteiger partial charge in [-0.25, -0.2) is 14.1 Å². The number of aryl methyl sites for hydroxylation is 1. The highest BCUT2D eigenvalue weighted by atomic mass is 19.1. The molecular formula is C13H17FN4O. The fourth-order valence-electron chi connectivity index (χ4n) is 1.84. The Morgan fingerprint density at radius 1 is 1.42 bits per heavy atom. The van der Waals surface area contributed by atoms with Gasteiger partial charge in [0.1, 0.15) is 0 Å². The van der Waals surface area contributed by atoms with E-state index in [-0.39, 0.29) is 5.75 Å². The lowest BCUT2D eigenvalue weighted by Crippen LogP contribution is -2.04. The number of benzene rings is 1. The average Bonchev–Trinajstić information content (AvgIpc) is 2.74. The first-order valence-electron chi connectivity index (χ1n) is 6.18. The molecule has 19 heavy (non-hydrogen) atoms. The molecule has 0 saturated carbocycles. The van der Waals surface area contributed by atoms with Gasteiger partial charge in [0, 0.05) is 19.0 Å². The lowest BCUT2D eigenvalue weighted by atomic mass is 10.2. The Balaban J connectivity index is 2.33. The molecule has 0 radical (unpaired) electrons. The van der Waals surface area contributed by atoms with Crippen molar-refractivity contribution in [2.45, 2.75) is 13.3 Å². The summed E-state index contributed by atoms with van der Waals surface area (Å²) in [5.41, 5.74) is 6.14. The van der Waals surface area contributed by atoms with Crippen LogP contribution >= 0.6 is 0 Å². The molecule has 0 aliphatic carbocycles. The van der Waals surface area contributed by atoms with Gasteiger partial charge in [0.2, 0.25) is 0 Å². The number of aromatic nitrogens is 3. The van der Waals surface area contributed by atoms with Crippen molar-refractivity contribution < 1.29 is 9.13 Å². The maximum Gasteiger partial charge on any atom is 0.165 e. The lowest BCUT2D eigenvalue weighted by Gasteiger charge is -2.06. The van der Waals surface area contributed by atoms with E-state index in [0.29, 0.717) is 36.8 Å². The highest BCUT2D eigenvalue weighted by Crippen LogP contribution is 2.24. The zero-order valence-corrected chi connectivity index (χ0v) is 11.1. The van der Waals surface area contributed by atoms with Crippen molar-refractivity contribution in [3.8, 4) is 17.1 Å². The summed E-state index contributed by atoms with van der Waals surface area (Å²) in [6, 6.07) is 4.77. The fraction of sp³-hybridized carbons (Fsp3) is 0.385. The third-order valence-corrected chi connectivity index (χ3v) is 2.66. The standard InChI is InChI=1S/C13H17FN4O/c1-3-19-11-5-4-9(8-10(11)14)13-16-12(6-7-15)17-18(13)2/h4-5,8H,3,6-7,15H2,1-2H3. The third kappa shape index (κ3) is 2.90. The predicted octanol–water partition coefficient (Wildman–Crippen LogP) is 1.52. The summed E-state index contributed by atoms with van der Waals surface area (Å²) in [5, 5.41) is 4.24. The maximum absolute atomic E-state index is 13.8. The molecule has 0 unspecified atom stereocenters. The van der Waals surface area contributed by atoms with Gasteiger partial charge in [-0.2, -0.15) is 5.10 Å². The van der Waals surface area contributed by atoms with Crippen molar-refractivity contribution in [3.63, 3.8) is 0 Å². The van der Waals surface area contributed by atoms with E-state index in [1.807, 2.05) is 6.92 Å². The van der Waals surface area contributed by atoms with Gasteiger partial charge >= 0.3 is 0 Å². The minimum absolute atomic E-state index is 0.246. The molecule has 1 aromatic carbocycles. The molecule has 5 nitrogen and oxygen atoms in total. The molecule has 1 aromatic heterocycles. The molecule has 102 valence electrons. The van der Waals surface area contributed by atoms with Crippen LogP contribution in [0.5, 0.6) is 5.75 Å². The Hall–Kier alpha value is -1.95. The minimum Gasteiger partial charge on any atom is -0.491 e. The average molecular weight is 264 g/mol. The van der Waals surface area contributed by atoms with E-state index in [9.17, 15) is 4.39 Å². The van der Waals surface area contributed by atoms with Crippen LogP contribution in [0.4, 0.5) is 4.39 Å². The van der Waals surface area contributed by atoms with E-state index in [2.05, 4.69) is 10.1 Å². The van der Waals surface area contributed by atoms with Crippen LogP contribution in [0, 0.1) is 5.82 Å². The molecule has 0 bridgehead atoms. The van der Waals surface area contributed by atoms with Gasteiger partial charge in [-0.1, -0.05) is 0 Å². The predicted molar refractivity (Wildman–Crippen MR) is 70.3 cm³/mol. The fourth-order valence-corrected chi connectivity index (χ4v) is 1.84. The second-order valence-electron chi connectivity index (χ2n) is 4.09. The lowest BCUT2D eigenvalue weighted by molar-refractivity contribution is 0.321. The summed E-state index contributed by atoms with van der Waals surface area (Å²) >= 11 is 0. The first kappa shape index (κ1) is 13.5. The largest absolute Gasteiger partial charge is 0.491 e. The number of halogens is 1. The molecule has 0 aliphatic heterocycles. The van der Waals surface area contributed by atoms with Crippen molar-refractivity contribution in [1.29, 1.82) is 0 Å². The summed E-state index contributed by atoms with van der Waals surface area (Å²) in [6.07, 6.45) is 0.605. The highest BCUT2D eigenvalue weighted by molar-refractivity contribution is 5.57. The van der Waals surface area contributed by atoms with E-state index >= 15 is 0 Å². The molecule has 2 N–H and O–H groups in total. The van der Waals surface area contributed by atoms with Gasteiger partial charge in [0.05, 0.1) is 6.61 Å². The van der Waals surface area contributed by atoms with Crippen LogP contribution in [-0.2, 0) is 13.5 Å². The van der Waals surface area contributed by atoms with Gasteiger partial charge in [-0.15, -0.1) is 0 Å². The molecule has 1 heterocycles. The summed E-state index contributed by atoms with van der Waals surface area (Å²) in [4.78, 5) is 4.35. The summed E-state index contributed by atoms with van der Waals surface area (Å²) < 4.78 is 20.6. The molecule has 0 amide bonds. The molecule has 0 aliphatic rings. The summed E-state index contributed by atoms with van der Waals surface area (Å²) in [5.74, 6) is 1.12. The topological polar surface area (TPSA) is 66.0 Å².